The van der Waals surface area contributed by atoms with Gasteiger partial charge in [0.1, 0.15) is 5.69 Å². The molecular weight excluding hydrogens is 338 g/mol. The largest absolute Gasteiger partial charge is 0.321 e. The van der Waals surface area contributed by atoms with Crippen LogP contribution in [0.25, 0.3) is 0 Å². The molecule has 3 heterocycles. The van der Waals surface area contributed by atoms with Crippen LogP contribution in [0, 0.1) is 17.8 Å². The molecule has 1 aromatic rings. The van der Waals surface area contributed by atoms with Gasteiger partial charge in [-0.2, -0.15) is 0 Å². The zero-order valence-corrected chi connectivity index (χ0v) is 16.2. The molecule has 1 aromatic heterocycles. The first-order valence-corrected chi connectivity index (χ1v) is 10.9. The number of anilines is 1. The summed E-state index contributed by atoms with van der Waals surface area (Å²) in [7, 11) is 0. The van der Waals surface area contributed by atoms with Gasteiger partial charge in [-0.15, -0.1) is 0 Å². The van der Waals surface area contributed by atoms with Gasteiger partial charge in [-0.25, -0.2) is 0 Å². The Kier molecular flexibility index (Phi) is 4.58. The number of carbonyl (C=O) groups excluding carboxylic acids is 1. The molecule has 5 heteroatoms. The summed E-state index contributed by atoms with van der Waals surface area (Å²) in [6.07, 6.45) is 10.1. The molecule has 0 spiro atoms. The third kappa shape index (κ3) is 3.58. The first-order valence-electron chi connectivity index (χ1n) is 10.9. The van der Waals surface area contributed by atoms with Crippen LogP contribution in [0.5, 0.6) is 0 Å². The van der Waals surface area contributed by atoms with E-state index in [0.29, 0.717) is 17.5 Å². The molecule has 2 bridgehead atoms. The summed E-state index contributed by atoms with van der Waals surface area (Å²) in [6.45, 7) is 4.25. The summed E-state index contributed by atoms with van der Waals surface area (Å²) >= 11 is 0. The lowest BCUT2D eigenvalue weighted by atomic mass is 9.81. The van der Waals surface area contributed by atoms with Crippen molar-refractivity contribution >= 4 is 11.6 Å². The fourth-order valence-corrected chi connectivity index (χ4v) is 5.60. The molecule has 1 amide bonds. The SMILES string of the molecule is O=C(Nc1ccc2n(c1=O)C[C@@H]1C[C@@H]2CN(CC2CCCCC2)C1)C1CC1. The van der Waals surface area contributed by atoms with Crippen LogP contribution in [0.3, 0.4) is 0 Å². The average Bonchev–Trinajstić information content (AvgIpc) is 3.50. The predicted molar refractivity (Wildman–Crippen MR) is 106 cm³/mol. The molecule has 2 aliphatic carbocycles. The number of aromatic nitrogens is 1. The Morgan fingerprint density at radius 2 is 1.85 bits per heavy atom. The second-order valence-electron chi connectivity index (χ2n) is 9.37. The highest BCUT2D eigenvalue weighted by atomic mass is 16.2. The van der Waals surface area contributed by atoms with E-state index in [0.717, 1.165) is 38.4 Å². The Balaban J connectivity index is 1.32. The van der Waals surface area contributed by atoms with Gasteiger partial charge < -0.3 is 14.8 Å². The topological polar surface area (TPSA) is 54.3 Å². The average molecular weight is 370 g/mol. The van der Waals surface area contributed by atoms with Gasteiger partial charge in [0.25, 0.3) is 5.56 Å². The van der Waals surface area contributed by atoms with Gasteiger partial charge in [-0.05, 0) is 56.1 Å². The van der Waals surface area contributed by atoms with Gasteiger partial charge in [0.05, 0.1) is 0 Å². The van der Waals surface area contributed by atoms with E-state index in [1.54, 1.807) is 0 Å². The number of nitrogens with zero attached hydrogens (tertiary/aromatic N) is 2. The summed E-state index contributed by atoms with van der Waals surface area (Å²) in [5.41, 5.74) is 1.64. The Morgan fingerprint density at radius 3 is 2.63 bits per heavy atom. The first-order chi connectivity index (χ1) is 13.2. The third-order valence-electron chi connectivity index (χ3n) is 7.13. The number of nitrogens with one attached hydrogen (secondary N) is 1. The van der Waals surface area contributed by atoms with Gasteiger partial charge in [-0.1, -0.05) is 19.3 Å². The molecule has 1 saturated heterocycles. The molecule has 0 radical (unpaired) electrons. The van der Waals surface area contributed by atoms with Crippen LogP contribution in [0.15, 0.2) is 16.9 Å². The molecule has 1 N–H and O–H groups in total. The van der Waals surface area contributed by atoms with Gasteiger partial charge >= 0.3 is 0 Å². The molecule has 146 valence electrons. The van der Waals surface area contributed by atoms with E-state index in [-0.39, 0.29) is 17.4 Å². The van der Waals surface area contributed by atoms with Crippen LogP contribution >= 0.6 is 0 Å². The number of hydrogen-bond donors (Lipinski definition) is 1. The molecule has 2 saturated carbocycles. The summed E-state index contributed by atoms with van der Waals surface area (Å²) in [6, 6.07) is 3.93. The van der Waals surface area contributed by atoms with Crippen molar-refractivity contribution in [3.05, 3.63) is 28.2 Å². The lowest BCUT2D eigenvalue weighted by Crippen LogP contribution is -2.48. The van der Waals surface area contributed by atoms with Gasteiger partial charge in [-0.3, -0.25) is 9.59 Å². The Bertz CT molecular complexity index is 776. The summed E-state index contributed by atoms with van der Waals surface area (Å²) < 4.78 is 1.96. The van der Waals surface area contributed by atoms with E-state index in [2.05, 4.69) is 16.3 Å². The number of rotatable bonds is 4. The van der Waals surface area contributed by atoms with Gasteiger partial charge in [0.2, 0.25) is 5.91 Å². The molecule has 2 atom stereocenters. The molecule has 27 heavy (non-hydrogen) atoms. The minimum Gasteiger partial charge on any atom is -0.321 e. The molecule has 0 aromatic carbocycles. The van der Waals surface area contributed by atoms with Crippen molar-refractivity contribution in [3.63, 3.8) is 0 Å². The molecule has 3 fully saturated rings. The summed E-state index contributed by atoms with van der Waals surface area (Å²) in [5.74, 6) is 2.04. The Labute approximate surface area is 161 Å². The maximum Gasteiger partial charge on any atom is 0.274 e. The van der Waals surface area contributed by atoms with E-state index >= 15 is 0 Å². The van der Waals surface area contributed by atoms with Crippen molar-refractivity contribution in [2.75, 3.05) is 25.0 Å². The zero-order chi connectivity index (χ0) is 18.4. The highest BCUT2D eigenvalue weighted by Crippen LogP contribution is 2.37. The zero-order valence-electron chi connectivity index (χ0n) is 16.2. The van der Waals surface area contributed by atoms with E-state index in [9.17, 15) is 9.59 Å². The molecular formula is C22H31N3O2. The number of carbonyl (C=O) groups is 1. The standard InChI is InChI=1S/C22H31N3O2/c26-21(17-6-7-17)23-19-8-9-20-18-10-16(13-25(20)22(19)27)12-24(14-18)11-15-4-2-1-3-5-15/h8-9,15-18H,1-7,10-14H2,(H,23,26)/t16-,18-/m1/s1. The fraction of sp³-hybridized carbons (Fsp3) is 0.727. The highest BCUT2D eigenvalue weighted by Gasteiger charge is 2.36. The van der Waals surface area contributed by atoms with Crippen molar-refractivity contribution in [3.8, 4) is 0 Å². The van der Waals surface area contributed by atoms with Crippen molar-refractivity contribution in [2.24, 2.45) is 17.8 Å². The van der Waals surface area contributed by atoms with Crippen LogP contribution in [-0.4, -0.2) is 35.0 Å². The smallest absolute Gasteiger partial charge is 0.274 e. The van der Waals surface area contributed by atoms with Crippen LogP contribution in [0.1, 0.15) is 63.0 Å². The number of amides is 1. The predicted octanol–water partition coefficient (Wildman–Crippen LogP) is 3.20. The molecule has 0 unspecified atom stereocenters. The van der Waals surface area contributed by atoms with Crippen LogP contribution in [0.4, 0.5) is 5.69 Å². The maximum atomic E-state index is 13.0. The van der Waals surface area contributed by atoms with E-state index < -0.39 is 0 Å². The minimum absolute atomic E-state index is 0.00284. The lowest BCUT2D eigenvalue weighted by molar-refractivity contribution is -0.117. The van der Waals surface area contributed by atoms with Crippen molar-refractivity contribution in [2.45, 2.75) is 63.8 Å². The fourth-order valence-electron chi connectivity index (χ4n) is 5.60. The second-order valence-corrected chi connectivity index (χ2v) is 9.37. The van der Waals surface area contributed by atoms with Crippen LogP contribution in [0.2, 0.25) is 0 Å². The van der Waals surface area contributed by atoms with Crippen molar-refractivity contribution in [1.29, 1.82) is 0 Å². The second kappa shape index (κ2) is 7.08. The Morgan fingerprint density at radius 1 is 1.04 bits per heavy atom. The lowest BCUT2D eigenvalue weighted by Gasteiger charge is -2.44. The third-order valence-corrected chi connectivity index (χ3v) is 7.13. The first kappa shape index (κ1) is 17.5. The van der Waals surface area contributed by atoms with Crippen LogP contribution in [-0.2, 0) is 11.3 Å². The van der Waals surface area contributed by atoms with Crippen LogP contribution < -0.4 is 10.9 Å². The van der Waals surface area contributed by atoms with Gasteiger partial charge in [0.15, 0.2) is 0 Å². The van der Waals surface area contributed by atoms with E-state index in [4.69, 9.17) is 0 Å². The number of fused-ring (bicyclic) bond motifs is 4. The summed E-state index contributed by atoms with van der Waals surface area (Å²) in [4.78, 5) is 27.7. The molecule has 5 nitrogen and oxygen atoms in total. The molecule has 5 rings (SSSR count). The number of likely N-dealkylation sites (tertiary alicyclic amines) is 1. The number of pyridine rings is 1. The molecule has 4 aliphatic rings. The minimum atomic E-state index is -0.00284. The number of hydrogen-bond acceptors (Lipinski definition) is 3. The normalized spacial score (nSPS) is 28.6. The van der Waals surface area contributed by atoms with Crippen molar-refractivity contribution < 1.29 is 4.79 Å². The highest BCUT2D eigenvalue weighted by molar-refractivity contribution is 5.93. The summed E-state index contributed by atoms with van der Waals surface area (Å²) in [5, 5.41) is 2.87. The Hall–Kier alpha value is -1.62. The number of piperidine rings is 1. The van der Waals surface area contributed by atoms with E-state index in [1.807, 2.05) is 10.6 Å². The van der Waals surface area contributed by atoms with Crippen molar-refractivity contribution in [1.82, 2.24) is 9.47 Å². The monoisotopic (exact) mass is 369 g/mol. The maximum absolute atomic E-state index is 13.0. The molecule has 2 aliphatic heterocycles. The quantitative estimate of drug-likeness (QED) is 0.887. The van der Waals surface area contributed by atoms with Gasteiger partial charge in [0, 0.05) is 43.7 Å². The van der Waals surface area contributed by atoms with E-state index in [1.165, 1.54) is 50.8 Å².